The lowest BCUT2D eigenvalue weighted by atomic mass is 9.92. The summed E-state index contributed by atoms with van der Waals surface area (Å²) in [6.07, 6.45) is 4.86. The Morgan fingerprint density at radius 1 is 1.04 bits per heavy atom. The molecule has 0 unspecified atom stereocenters. The molecule has 1 amide bonds. The second-order valence-electron chi connectivity index (χ2n) is 7.69. The second kappa shape index (κ2) is 9.63. The van der Waals surface area contributed by atoms with E-state index in [1.54, 1.807) is 0 Å². The summed E-state index contributed by atoms with van der Waals surface area (Å²) in [5.74, 6) is 1.50. The number of rotatable bonds is 8. The predicted octanol–water partition coefficient (Wildman–Crippen LogP) is 4.61. The van der Waals surface area contributed by atoms with Crippen molar-refractivity contribution in [3.63, 3.8) is 0 Å². The molecule has 0 saturated carbocycles. The fraction of sp³-hybridized carbons (Fsp3) is 0.458. The van der Waals surface area contributed by atoms with Crippen LogP contribution in [0.2, 0.25) is 0 Å². The lowest BCUT2D eigenvalue weighted by molar-refractivity contribution is -0.128. The number of ether oxygens (including phenoxy) is 2. The number of amides is 1. The van der Waals surface area contributed by atoms with E-state index in [2.05, 4.69) is 17.4 Å². The van der Waals surface area contributed by atoms with Gasteiger partial charge in [-0.15, -0.1) is 0 Å². The molecule has 0 fully saturated rings. The number of benzene rings is 2. The summed E-state index contributed by atoms with van der Waals surface area (Å²) in [6.45, 7) is 6.37. The highest BCUT2D eigenvalue weighted by molar-refractivity contribution is 5.81. The van der Waals surface area contributed by atoms with Crippen molar-refractivity contribution in [2.24, 2.45) is 0 Å². The highest BCUT2D eigenvalue weighted by Gasteiger charge is 2.21. The molecule has 3 rings (SSSR count). The normalized spacial score (nSPS) is 15.2. The summed E-state index contributed by atoms with van der Waals surface area (Å²) in [4.78, 5) is 12.6. The van der Waals surface area contributed by atoms with E-state index in [0.29, 0.717) is 13.0 Å². The Balaban J connectivity index is 1.52. The minimum absolute atomic E-state index is 0.0970. The van der Waals surface area contributed by atoms with Crippen LogP contribution in [0.25, 0.3) is 0 Å². The number of fused-ring (bicyclic) bond motifs is 1. The quantitative estimate of drug-likeness (QED) is 0.726. The standard InChI is InChI=1S/C24H31NO3/c1-4-23(28-22-14-11-19-7-5-6-8-20(19)15-22)24(26)25-18(3)16-27-21-12-9-17(2)10-13-21/h9-15,18,23H,4-8,16H2,1-3H3,(H,25,26)/t18-,23+/m0/s1. The van der Waals surface area contributed by atoms with Crippen molar-refractivity contribution in [1.29, 1.82) is 0 Å². The van der Waals surface area contributed by atoms with Gasteiger partial charge >= 0.3 is 0 Å². The summed E-state index contributed by atoms with van der Waals surface area (Å²) in [5.41, 5.74) is 3.97. The molecule has 1 aliphatic rings. The first-order valence-corrected chi connectivity index (χ1v) is 10.3. The van der Waals surface area contributed by atoms with Gasteiger partial charge in [-0.1, -0.05) is 30.7 Å². The van der Waals surface area contributed by atoms with Gasteiger partial charge in [0.25, 0.3) is 5.91 Å². The van der Waals surface area contributed by atoms with Crippen LogP contribution in [0.1, 0.15) is 49.8 Å². The first kappa shape index (κ1) is 20.2. The van der Waals surface area contributed by atoms with Crippen LogP contribution in [0.15, 0.2) is 42.5 Å². The van der Waals surface area contributed by atoms with Crippen molar-refractivity contribution in [2.45, 2.75) is 65.0 Å². The van der Waals surface area contributed by atoms with Crippen LogP contribution in [0.4, 0.5) is 0 Å². The Morgan fingerprint density at radius 3 is 2.43 bits per heavy atom. The Bertz CT molecular complexity index is 785. The minimum atomic E-state index is -0.497. The van der Waals surface area contributed by atoms with Gasteiger partial charge < -0.3 is 14.8 Å². The van der Waals surface area contributed by atoms with E-state index in [4.69, 9.17) is 9.47 Å². The van der Waals surface area contributed by atoms with Gasteiger partial charge in [-0.2, -0.15) is 0 Å². The van der Waals surface area contributed by atoms with Crippen molar-refractivity contribution in [1.82, 2.24) is 5.32 Å². The molecule has 0 aliphatic heterocycles. The van der Waals surface area contributed by atoms with Gasteiger partial charge in [0, 0.05) is 0 Å². The molecule has 0 aromatic heterocycles. The highest BCUT2D eigenvalue weighted by Crippen LogP contribution is 2.26. The van der Waals surface area contributed by atoms with Gasteiger partial charge in [-0.3, -0.25) is 4.79 Å². The zero-order valence-electron chi connectivity index (χ0n) is 17.2. The van der Waals surface area contributed by atoms with Gasteiger partial charge in [0.05, 0.1) is 6.04 Å². The van der Waals surface area contributed by atoms with Gasteiger partial charge in [0.1, 0.15) is 18.1 Å². The third-order valence-corrected chi connectivity index (χ3v) is 5.17. The molecule has 2 aromatic rings. The van der Waals surface area contributed by atoms with Crippen LogP contribution in [-0.2, 0) is 17.6 Å². The monoisotopic (exact) mass is 381 g/mol. The summed E-state index contributed by atoms with van der Waals surface area (Å²) < 4.78 is 11.8. The largest absolute Gasteiger partial charge is 0.491 e. The van der Waals surface area contributed by atoms with Gasteiger partial charge in [0.2, 0.25) is 0 Å². The van der Waals surface area contributed by atoms with Crippen molar-refractivity contribution in [3.05, 3.63) is 59.2 Å². The minimum Gasteiger partial charge on any atom is -0.491 e. The Labute approximate surface area is 168 Å². The Morgan fingerprint density at radius 2 is 1.71 bits per heavy atom. The van der Waals surface area contributed by atoms with E-state index >= 15 is 0 Å². The van der Waals surface area contributed by atoms with Crippen LogP contribution >= 0.6 is 0 Å². The maximum atomic E-state index is 12.6. The fourth-order valence-electron chi connectivity index (χ4n) is 3.50. The van der Waals surface area contributed by atoms with Gasteiger partial charge in [-0.05, 0) is 81.3 Å². The lowest BCUT2D eigenvalue weighted by Gasteiger charge is -2.22. The molecule has 1 N–H and O–H groups in total. The molecule has 2 atom stereocenters. The van der Waals surface area contributed by atoms with Crippen molar-refractivity contribution < 1.29 is 14.3 Å². The Hall–Kier alpha value is -2.49. The van der Waals surface area contributed by atoms with E-state index in [-0.39, 0.29) is 11.9 Å². The molecule has 150 valence electrons. The number of hydrogen-bond donors (Lipinski definition) is 1. The summed E-state index contributed by atoms with van der Waals surface area (Å²) in [5, 5.41) is 3.01. The number of nitrogens with one attached hydrogen (secondary N) is 1. The third-order valence-electron chi connectivity index (χ3n) is 5.17. The van der Waals surface area contributed by atoms with Crippen LogP contribution in [0.5, 0.6) is 11.5 Å². The highest BCUT2D eigenvalue weighted by atomic mass is 16.5. The summed E-state index contributed by atoms with van der Waals surface area (Å²) in [6, 6.07) is 14.0. The van der Waals surface area contributed by atoms with E-state index in [1.165, 1.54) is 29.5 Å². The van der Waals surface area contributed by atoms with Crippen molar-refractivity contribution in [3.8, 4) is 11.5 Å². The maximum absolute atomic E-state index is 12.6. The van der Waals surface area contributed by atoms with Crippen molar-refractivity contribution in [2.75, 3.05) is 6.61 Å². The smallest absolute Gasteiger partial charge is 0.261 e. The average molecular weight is 382 g/mol. The number of aryl methyl sites for hydroxylation is 3. The first-order chi connectivity index (χ1) is 13.5. The lowest BCUT2D eigenvalue weighted by Crippen LogP contribution is -2.44. The zero-order valence-corrected chi connectivity index (χ0v) is 17.2. The molecular weight excluding hydrogens is 350 g/mol. The van der Waals surface area contributed by atoms with Crippen LogP contribution in [0.3, 0.4) is 0 Å². The molecule has 4 heteroatoms. The van der Waals surface area contributed by atoms with E-state index in [0.717, 1.165) is 24.3 Å². The summed E-state index contributed by atoms with van der Waals surface area (Å²) in [7, 11) is 0. The zero-order chi connectivity index (χ0) is 19.9. The average Bonchev–Trinajstić information content (AvgIpc) is 2.71. The second-order valence-corrected chi connectivity index (χ2v) is 7.69. The van der Waals surface area contributed by atoms with E-state index in [1.807, 2.05) is 51.1 Å². The molecule has 0 radical (unpaired) electrons. The molecule has 4 nitrogen and oxygen atoms in total. The predicted molar refractivity (Wildman–Crippen MR) is 112 cm³/mol. The van der Waals surface area contributed by atoms with Gasteiger partial charge in [0.15, 0.2) is 6.10 Å². The molecule has 28 heavy (non-hydrogen) atoms. The van der Waals surface area contributed by atoms with Crippen molar-refractivity contribution >= 4 is 5.91 Å². The molecule has 0 heterocycles. The van der Waals surface area contributed by atoms with Crippen LogP contribution < -0.4 is 14.8 Å². The molecule has 1 aliphatic carbocycles. The first-order valence-electron chi connectivity index (χ1n) is 10.3. The van der Waals surface area contributed by atoms with Gasteiger partial charge in [-0.25, -0.2) is 0 Å². The SMILES string of the molecule is CC[C@@H](Oc1ccc2c(c1)CCCC2)C(=O)N[C@@H](C)COc1ccc(C)cc1. The molecule has 2 aromatic carbocycles. The third kappa shape index (κ3) is 5.51. The topological polar surface area (TPSA) is 47.6 Å². The molecular formula is C24H31NO3. The summed E-state index contributed by atoms with van der Waals surface area (Å²) >= 11 is 0. The number of carbonyl (C=O) groups is 1. The number of carbonyl (C=O) groups excluding carboxylic acids is 1. The Kier molecular flexibility index (Phi) is 6.96. The number of hydrogen-bond acceptors (Lipinski definition) is 3. The molecule has 0 bridgehead atoms. The molecule has 0 saturated heterocycles. The van der Waals surface area contributed by atoms with Crippen LogP contribution in [0, 0.1) is 6.92 Å². The maximum Gasteiger partial charge on any atom is 0.261 e. The van der Waals surface area contributed by atoms with E-state index in [9.17, 15) is 4.79 Å². The fourth-order valence-corrected chi connectivity index (χ4v) is 3.50. The molecule has 0 spiro atoms. The van der Waals surface area contributed by atoms with E-state index < -0.39 is 6.10 Å². The van der Waals surface area contributed by atoms with Crippen LogP contribution in [-0.4, -0.2) is 24.7 Å².